The Hall–Kier alpha value is -2.63. The van der Waals surface area contributed by atoms with Gasteiger partial charge in [0.05, 0.1) is 11.4 Å². The summed E-state index contributed by atoms with van der Waals surface area (Å²) in [5.41, 5.74) is 16.7. The molecule has 2 aliphatic rings. The molecule has 5 N–H and O–H groups in total. The molecule has 0 bridgehead atoms. The highest BCUT2D eigenvalue weighted by atomic mass is 16.3. The summed E-state index contributed by atoms with van der Waals surface area (Å²) in [6.45, 7) is 4.33. The van der Waals surface area contributed by atoms with Crippen molar-refractivity contribution in [3.8, 4) is 11.3 Å². The third kappa shape index (κ3) is 3.53. The number of aliphatic hydroxyl groups is 1. The van der Waals surface area contributed by atoms with Crippen molar-refractivity contribution >= 4 is 6.20 Å². The number of benzene rings is 1. The molecule has 1 unspecified atom stereocenters. The number of nitrogens with zero attached hydrogens (tertiary/aromatic N) is 2. The van der Waals surface area contributed by atoms with Gasteiger partial charge in [0.1, 0.15) is 11.4 Å². The minimum Gasteiger partial charge on any atom is -0.403 e. The fraction of sp³-hybridized carbons (Fsp3) is 0.400. The SMILES string of the molecule is CC1=CCCC=C1C(C)(O)c1ccc(-c2nc(C3CCC3)n(/C=C\N)c2CN)cc1. The summed E-state index contributed by atoms with van der Waals surface area (Å²) in [6.07, 6.45) is 13.3. The van der Waals surface area contributed by atoms with Crippen LogP contribution in [-0.2, 0) is 12.1 Å². The summed E-state index contributed by atoms with van der Waals surface area (Å²) >= 11 is 0. The molecule has 2 aliphatic carbocycles. The molecule has 5 heteroatoms. The average Bonchev–Trinajstić information content (AvgIpc) is 3.05. The highest BCUT2D eigenvalue weighted by Gasteiger charge is 2.31. The van der Waals surface area contributed by atoms with Crippen LogP contribution >= 0.6 is 0 Å². The zero-order valence-corrected chi connectivity index (χ0v) is 17.9. The molecule has 158 valence electrons. The van der Waals surface area contributed by atoms with Gasteiger partial charge in [-0.3, -0.25) is 0 Å². The Morgan fingerprint density at radius 3 is 2.47 bits per heavy atom. The van der Waals surface area contributed by atoms with Gasteiger partial charge in [-0.05, 0) is 56.2 Å². The molecule has 1 aromatic heterocycles. The minimum absolute atomic E-state index is 0.385. The number of rotatable bonds is 6. The van der Waals surface area contributed by atoms with Gasteiger partial charge < -0.3 is 21.1 Å². The van der Waals surface area contributed by atoms with Crippen molar-refractivity contribution in [2.45, 2.75) is 64.0 Å². The molecule has 1 atom stereocenters. The second kappa shape index (κ2) is 8.25. The highest BCUT2D eigenvalue weighted by Crippen LogP contribution is 2.40. The number of allylic oxidation sites excluding steroid dienone is 2. The fourth-order valence-corrected chi connectivity index (χ4v) is 4.61. The van der Waals surface area contributed by atoms with Gasteiger partial charge in [0.2, 0.25) is 0 Å². The van der Waals surface area contributed by atoms with Gasteiger partial charge in [0.15, 0.2) is 0 Å². The Balaban J connectivity index is 1.71. The van der Waals surface area contributed by atoms with E-state index in [4.69, 9.17) is 16.5 Å². The first kappa shape index (κ1) is 20.6. The lowest BCUT2D eigenvalue weighted by Crippen LogP contribution is -2.25. The zero-order chi connectivity index (χ0) is 21.3. The molecule has 5 nitrogen and oxygen atoms in total. The lowest BCUT2D eigenvalue weighted by atomic mass is 9.81. The summed E-state index contributed by atoms with van der Waals surface area (Å²) in [4.78, 5) is 4.98. The van der Waals surface area contributed by atoms with E-state index in [9.17, 15) is 5.11 Å². The maximum Gasteiger partial charge on any atom is 0.116 e. The van der Waals surface area contributed by atoms with Crippen LogP contribution in [0.3, 0.4) is 0 Å². The largest absolute Gasteiger partial charge is 0.403 e. The maximum atomic E-state index is 11.3. The topological polar surface area (TPSA) is 90.1 Å². The van der Waals surface area contributed by atoms with E-state index in [-0.39, 0.29) is 0 Å². The smallest absolute Gasteiger partial charge is 0.116 e. The molecule has 1 fully saturated rings. The summed E-state index contributed by atoms with van der Waals surface area (Å²) in [5, 5.41) is 11.3. The van der Waals surface area contributed by atoms with Crippen LogP contribution in [0.4, 0.5) is 0 Å². The van der Waals surface area contributed by atoms with Gasteiger partial charge in [-0.1, -0.05) is 42.8 Å². The molecule has 2 aromatic rings. The molecular weight excluding hydrogens is 372 g/mol. The molecule has 0 amide bonds. The van der Waals surface area contributed by atoms with Crippen LogP contribution in [0.15, 0.2) is 53.8 Å². The third-order valence-corrected chi connectivity index (χ3v) is 6.57. The van der Waals surface area contributed by atoms with Gasteiger partial charge in [-0.15, -0.1) is 0 Å². The second-order valence-corrected chi connectivity index (χ2v) is 8.54. The van der Waals surface area contributed by atoms with Gasteiger partial charge in [0, 0.05) is 30.4 Å². The van der Waals surface area contributed by atoms with Gasteiger partial charge >= 0.3 is 0 Å². The molecule has 0 radical (unpaired) electrons. The van der Waals surface area contributed by atoms with Crippen LogP contribution in [0, 0.1) is 0 Å². The number of hydrogen-bond donors (Lipinski definition) is 3. The molecule has 1 heterocycles. The highest BCUT2D eigenvalue weighted by molar-refractivity contribution is 5.65. The number of nitrogens with two attached hydrogens (primary N) is 2. The van der Waals surface area contributed by atoms with Crippen LogP contribution in [0.5, 0.6) is 0 Å². The van der Waals surface area contributed by atoms with E-state index in [1.807, 2.05) is 37.4 Å². The maximum absolute atomic E-state index is 11.3. The lowest BCUT2D eigenvalue weighted by molar-refractivity contribution is 0.0991. The van der Waals surface area contributed by atoms with Crippen molar-refractivity contribution in [1.29, 1.82) is 0 Å². The first-order chi connectivity index (χ1) is 14.5. The van der Waals surface area contributed by atoms with E-state index in [1.165, 1.54) is 6.42 Å². The Morgan fingerprint density at radius 1 is 1.20 bits per heavy atom. The van der Waals surface area contributed by atoms with E-state index < -0.39 is 5.60 Å². The standard InChI is InChI=1S/C25H32N4O/c1-17-6-3-4-9-21(17)25(2,30)20-12-10-18(11-13-20)23-22(16-27)29(15-14-26)24(28-23)19-7-5-8-19/h6,9-15,19,30H,3-5,7-8,16,26-27H2,1-2H3/b15-14-. The van der Waals surface area contributed by atoms with Crippen molar-refractivity contribution in [3.63, 3.8) is 0 Å². The zero-order valence-electron chi connectivity index (χ0n) is 17.9. The Kier molecular flexibility index (Phi) is 5.67. The predicted molar refractivity (Wildman–Crippen MR) is 122 cm³/mol. The van der Waals surface area contributed by atoms with Crippen molar-refractivity contribution in [1.82, 2.24) is 9.55 Å². The predicted octanol–water partition coefficient (Wildman–Crippen LogP) is 4.54. The lowest BCUT2D eigenvalue weighted by Gasteiger charge is -2.30. The summed E-state index contributed by atoms with van der Waals surface area (Å²) < 4.78 is 2.06. The number of hydrogen-bond acceptors (Lipinski definition) is 4. The molecule has 0 saturated heterocycles. The van der Waals surface area contributed by atoms with Crippen molar-refractivity contribution in [3.05, 3.63) is 70.8 Å². The number of aromatic nitrogens is 2. The van der Waals surface area contributed by atoms with Crippen LogP contribution in [0.25, 0.3) is 17.5 Å². The molecule has 1 aromatic carbocycles. The minimum atomic E-state index is -1.02. The molecular formula is C25H32N4O. The fourth-order valence-electron chi connectivity index (χ4n) is 4.61. The average molecular weight is 405 g/mol. The summed E-state index contributed by atoms with van der Waals surface area (Å²) in [7, 11) is 0. The van der Waals surface area contributed by atoms with E-state index in [0.717, 1.165) is 65.2 Å². The van der Waals surface area contributed by atoms with Crippen molar-refractivity contribution < 1.29 is 5.11 Å². The van der Waals surface area contributed by atoms with E-state index in [2.05, 4.69) is 23.6 Å². The van der Waals surface area contributed by atoms with E-state index >= 15 is 0 Å². The quantitative estimate of drug-likeness (QED) is 0.659. The van der Waals surface area contributed by atoms with Gasteiger partial charge in [-0.2, -0.15) is 0 Å². The second-order valence-electron chi connectivity index (χ2n) is 8.54. The van der Waals surface area contributed by atoms with Crippen molar-refractivity contribution in [2.24, 2.45) is 11.5 Å². The van der Waals surface area contributed by atoms with Crippen LogP contribution in [0.1, 0.15) is 69.0 Å². The molecule has 30 heavy (non-hydrogen) atoms. The van der Waals surface area contributed by atoms with Gasteiger partial charge in [0.25, 0.3) is 0 Å². The molecule has 4 rings (SSSR count). The van der Waals surface area contributed by atoms with E-state index in [0.29, 0.717) is 12.5 Å². The Labute approximate surface area is 178 Å². The van der Waals surface area contributed by atoms with E-state index in [1.54, 1.807) is 6.20 Å². The Morgan fingerprint density at radius 2 is 1.90 bits per heavy atom. The van der Waals surface area contributed by atoms with Crippen LogP contribution in [0.2, 0.25) is 0 Å². The van der Waals surface area contributed by atoms with Crippen LogP contribution < -0.4 is 11.5 Å². The Bertz CT molecular complexity index is 1000. The normalized spacial score (nSPS) is 19.3. The molecule has 1 saturated carbocycles. The third-order valence-electron chi connectivity index (χ3n) is 6.57. The van der Waals surface area contributed by atoms with Crippen LogP contribution in [-0.4, -0.2) is 14.7 Å². The molecule has 0 spiro atoms. The van der Waals surface area contributed by atoms with Gasteiger partial charge in [-0.25, -0.2) is 4.98 Å². The number of imidazole rings is 1. The monoisotopic (exact) mass is 404 g/mol. The molecule has 0 aliphatic heterocycles. The summed E-state index contributed by atoms with van der Waals surface area (Å²) in [5.74, 6) is 1.51. The first-order valence-corrected chi connectivity index (χ1v) is 10.9. The van der Waals surface area contributed by atoms with Crippen molar-refractivity contribution in [2.75, 3.05) is 0 Å². The summed E-state index contributed by atoms with van der Waals surface area (Å²) in [6, 6.07) is 8.07. The first-order valence-electron chi connectivity index (χ1n) is 10.9.